The fourth-order valence-electron chi connectivity index (χ4n) is 13.5. The molecule has 0 aromatic heterocycles. The molecule has 456 valence electrons. The van der Waals surface area contributed by atoms with Crippen LogP contribution in [0.15, 0.2) is 149 Å². The van der Waals surface area contributed by atoms with Crippen molar-refractivity contribution in [2.45, 2.75) is 195 Å². The number of amides is 1. The standard InChI is InChI=1S/C70H87NO14/c1-43(2)25-23-28-45(4)30-24-29-44(3)26-21-22-27-46(5)37-38-58(76)84-62(60(51-33-17-13-18-34-51)71-65(78)52-35-19-14-20-36-52)66(79)83-55-41-70(80)53(39-54(74)50-31-15-12-16-32-50)63-68(11,56(75)40-57-69(63,42-81-57)85-49(8)73)64(77)61(82-48(7)72)59(47(55)6)67(70,9)10/h12-20,25-27,30-36,53,55-57,60-63,75,80H,21-24,28-29,37-42H2,1-11H3,(H,71,78)/b44-26+,45-30+,46-27+/t53?,55?,56-,57+,60-,61+,62?,63-,68+,69-,70+/m0/s1. The number of allylic oxidation sites excluding steroid dienone is 8. The van der Waals surface area contributed by atoms with Crippen molar-refractivity contribution in [2.75, 3.05) is 6.61 Å². The number of esters is 4. The molecule has 1 aliphatic heterocycles. The number of fused-ring (bicyclic) bond motifs is 5. The minimum absolute atomic E-state index is 0.0590. The molecule has 2 saturated carbocycles. The highest BCUT2D eigenvalue weighted by atomic mass is 16.6. The molecule has 3 aliphatic carbocycles. The lowest BCUT2D eigenvalue weighted by Crippen LogP contribution is -2.80. The van der Waals surface area contributed by atoms with E-state index in [0.717, 1.165) is 51.0 Å². The van der Waals surface area contributed by atoms with Crippen molar-refractivity contribution in [2.24, 2.45) is 22.7 Å². The maximum atomic E-state index is 15.9. The Kier molecular flexibility index (Phi) is 21.5. The number of rotatable bonds is 24. The summed E-state index contributed by atoms with van der Waals surface area (Å²) in [4.78, 5) is 102. The summed E-state index contributed by atoms with van der Waals surface area (Å²) < 4.78 is 31.1. The van der Waals surface area contributed by atoms with Crippen LogP contribution in [0.5, 0.6) is 0 Å². The Bertz CT molecular complexity index is 3100. The van der Waals surface area contributed by atoms with Gasteiger partial charge in [0.25, 0.3) is 5.91 Å². The van der Waals surface area contributed by atoms with Gasteiger partial charge in [-0.2, -0.15) is 0 Å². The Morgan fingerprint density at radius 2 is 1.26 bits per heavy atom. The Balaban J connectivity index is 1.26. The fourth-order valence-corrected chi connectivity index (χ4v) is 13.5. The van der Waals surface area contributed by atoms with Crippen LogP contribution in [0.3, 0.4) is 0 Å². The van der Waals surface area contributed by atoms with Gasteiger partial charge >= 0.3 is 23.9 Å². The molecule has 3 unspecified atom stereocenters. The monoisotopic (exact) mass is 1170 g/mol. The van der Waals surface area contributed by atoms with Crippen molar-refractivity contribution < 1.29 is 67.5 Å². The van der Waals surface area contributed by atoms with E-state index >= 15 is 9.59 Å². The third-order valence-electron chi connectivity index (χ3n) is 18.2. The zero-order valence-corrected chi connectivity index (χ0v) is 51.4. The summed E-state index contributed by atoms with van der Waals surface area (Å²) in [6.45, 7) is 18.9. The number of aliphatic hydroxyl groups is 2. The van der Waals surface area contributed by atoms with Gasteiger partial charge in [0, 0.05) is 67.9 Å². The second kappa shape index (κ2) is 28.0. The van der Waals surface area contributed by atoms with Crippen molar-refractivity contribution in [1.82, 2.24) is 5.32 Å². The van der Waals surface area contributed by atoms with Gasteiger partial charge in [0.15, 0.2) is 23.3 Å². The number of aliphatic hydroxyl groups excluding tert-OH is 1. The number of benzene rings is 3. The quantitative estimate of drug-likeness (QED) is 0.0250. The number of carbonyl (C=O) groups is 7. The van der Waals surface area contributed by atoms with Gasteiger partial charge in [-0.3, -0.25) is 28.8 Å². The first-order valence-electron chi connectivity index (χ1n) is 29.9. The Labute approximate surface area is 501 Å². The van der Waals surface area contributed by atoms with Gasteiger partial charge in [-0.25, -0.2) is 4.79 Å². The second-order valence-corrected chi connectivity index (χ2v) is 24.8. The number of ether oxygens (including phenoxy) is 5. The zero-order chi connectivity index (χ0) is 62.0. The fraction of sp³-hybridized carbons (Fsp3) is 0.500. The minimum atomic E-state index is -2.24. The van der Waals surface area contributed by atoms with Crippen LogP contribution in [-0.4, -0.2) is 99.9 Å². The SMILES string of the molecule is CC(=O)O[C@H]1C(=O)[C@@]2(C)[C@H](C(CC(=O)c3ccccc3)[C@]3(O)CC(OC(=O)C(OC(=O)CC/C(C)=C/CC/C=C(\C)CC/C=C(\C)CCC=C(C)C)[C@@H](NC(=O)c4ccccc4)c4ccccc4)C(C)=C1C3(C)C)[C@]1(OC(C)=O)CO[C@@H]1C[C@@H]2O. The molecule has 4 aliphatic rings. The van der Waals surface area contributed by atoms with Crippen LogP contribution >= 0.6 is 0 Å². The Morgan fingerprint density at radius 1 is 0.706 bits per heavy atom. The molecule has 11 atom stereocenters. The average Bonchev–Trinajstić information content (AvgIpc) is 0.875. The third-order valence-corrected chi connectivity index (χ3v) is 18.2. The maximum Gasteiger partial charge on any atom is 0.350 e. The molecule has 3 fully saturated rings. The lowest BCUT2D eigenvalue weighted by Gasteiger charge is -2.68. The van der Waals surface area contributed by atoms with Crippen LogP contribution < -0.4 is 5.32 Å². The predicted octanol–water partition coefficient (Wildman–Crippen LogP) is 11.9. The molecule has 85 heavy (non-hydrogen) atoms. The first-order chi connectivity index (χ1) is 40.2. The van der Waals surface area contributed by atoms with E-state index in [0.29, 0.717) is 12.0 Å². The number of hydrogen-bond donors (Lipinski definition) is 3. The van der Waals surface area contributed by atoms with Gasteiger partial charge in [0.1, 0.15) is 18.2 Å². The zero-order valence-electron chi connectivity index (χ0n) is 51.4. The van der Waals surface area contributed by atoms with Gasteiger partial charge < -0.3 is 39.2 Å². The molecule has 3 aromatic rings. The number of unbranched alkanes of at least 4 members (excludes halogenated alkanes) is 1. The summed E-state index contributed by atoms with van der Waals surface area (Å²) >= 11 is 0. The smallest absolute Gasteiger partial charge is 0.350 e. The van der Waals surface area contributed by atoms with Gasteiger partial charge in [0.2, 0.25) is 6.10 Å². The van der Waals surface area contributed by atoms with Crippen LogP contribution in [0.4, 0.5) is 0 Å². The van der Waals surface area contributed by atoms with Gasteiger partial charge in [-0.05, 0) is 122 Å². The largest absolute Gasteiger partial charge is 0.455 e. The third kappa shape index (κ3) is 14.6. The summed E-state index contributed by atoms with van der Waals surface area (Å²) in [6.07, 6.45) is 5.89. The molecular formula is C70H87NO14. The lowest BCUT2D eigenvalue weighted by atomic mass is 9.42. The van der Waals surface area contributed by atoms with Crippen molar-refractivity contribution in [3.63, 3.8) is 0 Å². The second-order valence-electron chi connectivity index (χ2n) is 24.8. The molecular weight excluding hydrogens is 1080 g/mol. The highest BCUT2D eigenvalue weighted by molar-refractivity contribution is 5.98. The summed E-state index contributed by atoms with van der Waals surface area (Å²) in [5.41, 5.74) is -1.36. The van der Waals surface area contributed by atoms with E-state index < -0.39 is 125 Å². The molecule has 7 rings (SSSR count). The van der Waals surface area contributed by atoms with Crippen molar-refractivity contribution in [3.8, 4) is 0 Å². The predicted molar refractivity (Wildman–Crippen MR) is 322 cm³/mol. The molecule has 15 nitrogen and oxygen atoms in total. The number of nitrogens with one attached hydrogen (secondary N) is 1. The van der Waals surface area contributed by atoms with E-state index in [1.54, 1.807) is 112 Å². The van der Waals surface area contributed by atoms with Crippen LogP contribution in [0.25, 0.3) is 0 Å². The topological polar surface area (TPSA) is 218 Å². The van der Waals surface area contributed by atoms with Crippen LogP contribution in [0.1, 0.15) is 179 Å². The minimum Gasteiger partial charge on any atom is -0.455 e. The van der Waals surface area contributed by atoms with Crippen molar-refractivity contribution in [1.29, 1.82) is 0 Å². The molecule has 2 bridgehead atoms. The van der Waals surface area contributed by atoms with E-state index in [1.165, 1.54) is 30.6 Å². The molecule has 3 N–H and O–H groups in total. The van der Waals surface area contributed by atoms with Crippen molar-refractivity contribution >= 4 is 41.4 Å². The molecule has 15 heteroatoms. The van der Waals surface area contributed by atoms with Gasteiger partial charge in [-0.1, -0.05) is 139 Å². The van der Waals surface area contributed by atoms with Gasteiger partial charge in [0.05, 0.1) is 23.7 Å². The molecule has 0 spiro atoms. The van der Waals surface area contributed by atoms with E-state index in [2.05, 4.69) is 57.3 Å². The molecule has 1 saturated heterocycles. The summed E-state index contributed by atoms with van der Waals surface area (Å²) in [7, 11) is 0. The number of carbonyl (C=O) groups excluding carboxylic acids is 7. The number of Topliss-reactive ketones (excluding diaryl/α,β-unsaturated/α-hetero) is 2. The number of ketones is 2. The molecule has 0 radical (unpaired) electrons. The summed E-state index contributed by atoms with van der Waals surface area (Å²) in [5.74, 6) is -8.09. The number of hydrogen-bond acceptors (Lipinski definition) is 14. The lowest BCUT2D eigenvalue weighted by molar-refractivity contribution is -0.339. The highest BCUT2D eigenvalue weighted by Gasteiger charge is 2.77. The van der Waals surface area contributed by atoms with Crippen LogP contribution in [-0.2, 0) is 47.7 Å². The Morgan fingerprint density at radius 3 is 1.81 bits per heavy atom. The van der Waals surface area contributed by atoms with Crippen LogP contribution in [0, 0.1) is 22.7 Å². The first kappa shape index (κ1) is 65.5. The molecule has 1 heterocycles. The van der Waals surface area contributed by atoms with Crippen molar-refractivity contribution in [3.05, 3.63) is 165 Å². The van der Waals surface area contributed by atoms with E-state index in [4.69, 9.17) is 23.7 Å². The van der Waals surface area contributed by atoms with E-state index in [9.17, 15) is 34.2 Å². The first-order valence-corrected chi connectivity index (χ1v) is 29.9. The normalized spacial score (nSPS) is 27.0. The van der Waals surface area contributed by atoms with E-state index in [1.807, 2.05) is 6.92 Å². The average molecular weight is 1170 g/mol. The maximum absolute atomic E-state index is 15.9. The Hall–Kier alpha value is -7.07. The van der Waals surface area contributed by atoms with E-state index in [-0.39, 0.29) is 41.7 Å². The molecule has 3 aromatic carbocycles. The van der Waals surface area contributed by atoms with Crippen LogP contribution in [0.2, 0.25) is 0 Å². The summed E-state index contributed by atoms with van der Waals surface area (Å²) in [5, 5.41) is 29.5. The molecule has 1 amide bonds. The highest BCUT2D eigenvalue weighted by Crippen LogP contribution is 2.66. The summed E-state index contributed by atoms with van der Waals surface area (Å²) in [6, 6.07) is 23.8. The van der Waals surface area contributed by atoms with Gasteiger partial charge in [-0.15, -0.1) is 0 Å².